The van der Waals surface area contributed by atoms with E-state index >= 15 is 0 Å². The second-order valence-corrected chi connectivity index (χ2v) is 8.73. The first kappa shape index (κ1) is 22.1. The molecule has 1 aromatic carbocycles. The second kappa shape index (κ2) is 9.60. The summed E-state index contributed by atoms with van der Waals surface area (Å²) in [4.78, 5) is 42.2. The highest BCUT2D eigenvalue weighted by Gasteiger charge is 2.31. The monoisotopic (exact) mass is 454 g/mol. The van der Waals surface area contributed by atoms with Gasteiger partial charge in [0.05, 0.1) is 34.3 Å². The van der Waals surface area contributed by atoms with Crippen molar-refractivity contribution in [1.82, 2.24) is 20.9 Å². The maximum Gasteiger partial charge on any atom is 0.337 e. The van der Waals surface area contributed by atoms with Crippen LogP contribution in [0.3, 0.4) is 0 Å². The highest BCUT2D eigenvalue weighted by molar-refractivity contribution is 7.99. The Kier molecular flexibility index (Phi) is 6.64. The van der Waals surface area contributed by atoms with E-state index in [0.29, 0.717) is 34.0 Å². The van der Waals surface area contributed by atoms with Crippen molar-refractivity contribution in [2.45, 2.75) is 50.2 Å². The van der Waals surface area contributed by atoms with E-state index in [1.165, 1.54) is 11.8 Å². The molecule has 32 heavy (non-hydrogen) atoms. The Morgan fingerprint density at radius 2 is 2.03 bits per heavy atom. The van der Waals surface area contributed by atoms with Gasteiger partial charge in [0.25, 0.3) is 5.91 Å². The van der Waals surface area contributed by atoms with Crippen LogP contribution in [0.4, 0.5) is 4.79 Å². The number of urea groups is 1. The van der Waals surface area contributed by atoms with E-state index in [0.717, 1.165) is 23.7 Å². The number of nitrogens with one attached hydrogen (secondary N) is 3. The number of hydrogen-bond acceptors (Lipinski definition) is 6. The van der Waals surface area contributed by atoms with Gasteiger partial charge in [-0.2, -0.15) is 0 Å². The van der Waals surface area contributed by atoms with Gasteiger partial charge in [0.15, 0.2) is 0 Å². The summed E-state index contributed by atoms with van der Waals surface area (Å²) >= 11 is 1.36. The minimum Gasteiger partial charge on any atom is -0.463 e. The summed E-state index contributed by atoms with van der Waals surface area (Å²) in [6, 6.07) is 8.78. The molecule has 0 saturated heterocycles. The molecule has 2 heterocycles. The molecule has 1 aromatic heterocycles. The first-order chi connectivity index (χ1) is 15.5. The van der Waals surface area contributed by atoms with Crippen molar-refractivity contribution in [1.29, 1.82) is 0 Å². The Balaban J connectivity index is 1.64. The van der Waals surface area contributed by atoms with E-state index in [9.17, 15) is 14.4 Å². The number of benzene rings is 1. The predicted molar refractivity (Wildman–Crippen MR) is 122 cm³/mol. The molecule has 3 N–H and O–H groups in total. The molecule has 0 radical (unpaired) electrons. The van der Waals surface area contributed by atoms with Crippen molar-refractivity contribution in [3.63, 3.8) is 0 Å². The van der Waals surface area contributed by atoms with Crippen LogP contribution >= 0.6 is 11.8 Å². The maximum absolute atomic E-state index is 12.8. The number of para-hydroxylation sites is 1. The predicted octanol–water partition coefficient (Wildman–Crippen LogP) is 3.13. The lowest BCUT2D eigenvalue weighted by Crippen LogP contribution is -2.50. The molecule has 1 aliphatic heterocycles. The van der Waals surface area contributed by atoms with Gasteiger partial charge in [-0.3, -0.25) is 4.79 Å². The number of ether oxygens (including phenoxy) is 1. The minimum absolute atomic E-state index is 0.111. The summed E-state index contributed by atoms with van der Waals surface area (Å²) < 4.78 is 5.22. The molecule has 1 fully saturated rings. The molecule has 1 atom stereocenters. The fourth-order valence-electron chi connectivity index (χ4n) is 3.63. The number of fused-ring (bicyclic) bond motifs is 1. The van der Waals surface area contributed by atoms with Crippen molar-refractivity contribution >= 4 is 40.6 Å². The first-order valence-corrected chi connectivity index (χ1v) is 11.8. The zero-order valence-corrected chi connectivity index (χ0v) is 18.9. The summed E-state index contributed by atoms with van der Waals surface area (Å²) in [5, 5.41) is 9.99. The van der Waals surface area contributed by atoms with E-state index < -0.39 is 12.0 Å². The Morgan fingerprint density at radius 3 is 2.75 bits per heavy atom. The minimum atomic E-state index is -0.446. The Morgan fingerprint density at radius 1 is 1.25 bits per heavy atom. The van der Waals surface area contributed by atoms with Crippen LogP contribution in [-0.2, 0) is 9.53 Å². The van der Waals surface area contributed by atoms with Gasteiger partial charge < -0.3 is 20.7 Å². The lowest BCUT2D eigenvalue weighted by atomic mass is 10.0. The fourth-order valence-corrected chi connectivity index (χ4v) is 4.51. The Hall–Kier alpha value is -3.07. The number of nitrogens with zero attached hydrogens (tertiary/aromatic N) is 1. The van der Waals surface area contributed by atoms with Gasteiger partial charge in [-0.25, -0.2) is 14.6 Å². The third-order valence-electron chi connectivity index (χ3n) is 5.36. The molecule has 4 rings (SSSR count). The summed E-state index contributed by atoms with van der Waals surface area (Å²) in [5.41, 5.74) is 2.22. The van der Waals surface area contributed by atoms with E-state index in [-0.39, 0.29) is 24.6 Å². The van der Waals surface area contributed by atoms with Gasteiger partial charge in [-0.05, 0) is 38.3 Å². The fraction of sp³-hybridized carbons (Fsp3) is 0.391. The zero-order chi connectivity index (χ0) is 22.7. The van der Waals surface area contributed by atoms with Crippen LogP contribution < -0.4 is 16.0 Å². The van der Waals surface area contributed by atoms with Crippen LogP contribution in [0.2, 0.25) is 0 Å². The number of esters is 1. The molecular formula is C23H26N4O4S. The number of thioether (sulfide) groups is 1. The standard InChI is InChI=1S/C23H26N4O4S/c1-3-16-20(22(29)31-4-2)18(27-23(30)26-16)12-32-19-11-15(21(28)24-13-9-10-13)14-7-5-6-8-17(14)25-19/h5-8,11,13,16H,3-4,9-10,12H2,1-2H3,(H,24,28)(H2,26,27,30). The van der Waals surface area contributed by atoms with Crippen molar-refractivity contribution in [2.24, 2.45) is 0 Å². The third kappa shape index (κ3) is 4.88. The molecular weight excluding hydrogens is 428 g/mol. The Bertz CT molecular complexity index is 1100. The average Bonchev–Trinajstić information content (AvgIpc) is 3.60. The van der Waals surface area contributed by atoms with Crippen LogP contribution in [-0.4, -0.2) is 47.3 Å². The van der Waals surface area contributed by atoms with E-state index in [4.69, 9.17) is 4.74 Å². The molecule has 1 unspecified atom stereocenters. The van der Waals surface area contributed by atoms with Crippen LogP contribution in [0.25, 0.3) is 10.9 Å². The van der Waals surface area contributed by atoms with Crippen LogP contribution in [0, 0.1) is 0 Å². The molecule has 9 heteroatoms. The third-order valence-corrected chi connectivity index (χ3v) is 6.30. The molecule has 1 aliphatic carbocycles. The highest BCUT2D eigenvalue weighted by atomic mass is 32.2. The van der Waals surface area contributed by atoms with Crippen molar-refractivity contribution in [3.05, 3.63) is 47.2 Å². The smallest absolute Gasteiger partial charge is 0.337 e. The SMILES string of the molecule is CCOC(=O)C1=C(CSc2cc(C(=O)NC3CC3)c3ccccc3n2)NC(=O)NC1CC. The van der Waals surface area contributed by atoms with Gasteiger partial charge in [0.2, 0.25) is 0 Å². The summed E-state index contributed by atoms with van der Waals surface area (Å²) in [7, 11) is 0. The Labute approximate surface area is 190 Å². The number of carbonyl (C=O) groups is 3. The number of carbonyl (C=O) groups excluding carboxylic acids is 3. The summed E-state index contributed by atoms with van der Waals surface area (Å²) in [6.45, 7) is 3.89. The van der Waals surface area contributed by atoms with Gasteiger partial charge in [0.1, 0.15) is 0 Å². The number of aromatic nitrogens is 1. The second-order valence-electron chi connectivity index (χ2n) is 7.73. The van der Waals surface area contributed by atoms with Gasteiger partial charge >= 0.3 is 12.0 Å². The quantitative estimate of drug-likeness (QED) is 0.418. The summed E-state index contributed by atoms with van der Waals surface area (Å²) in [5.74, 6) is -0.244. The lowest BCUT2D eigenvalue weighted by Gasteiger charge is -2.28. The lowest BCUT2D eigenvalue weighted by molar-refractivity contribution is -0.139. The number of pyridine rings is 1. The van der Waals surface area contributed by atoms with Crippen LogP contribution in [0.5, 0.6) is 0 Å². The van der Waals surface area contributed by atoms with E-state index in [1.54, 1.807) is 13.0 Å². The van der Waals surface area contributed by atoms with Crippen molar-refractivity contribution in [2.75, 3.05) is 12.4 Å². The van der Waals surface area contributed by atoms with Crippen LogP contribution in [0.1, 0.15) is 43.5 Å². The van der Waals surface area contributed by atoms with Crippen molar-refractivity contribution in [3.8, 4) is 0 Å². The normalized spacial score (nSPS) is 18.2. The van der Waals surface area contributed by atoms with E-state index in [1.807, 2.05) is 31.2 Å². The molecule has 168 valence electrons. The largest absolute Gasteiger partial charge is 0.463 e. The average molecular weight is 455 g/mol. The van der Waals surface area contributed by atoms with E-state index in [2.05, 4.69) is 20.9 Å². The van der Waals surface area contributed by atoms with Crippen LogP contribution in [0.15, 0.2) is 46.6 Å². The molecule has 8 nitrogen and oxygen atoms in total. The molecule has 2 aliphatic rings. The van der Waals surface area contributed by atoms with Gasteiger partial charge in [-0.1, -0.05) is 25.1 Å². The number of rotatable bonds is 8. The van der Waals surface area contributed by atoms with Crippen molar-refractivity contribution < 1.29 is 19.1 Å². The maximum atomic E-state index is 12.8. The molecule has 0 spiro atoms. The van der Waals surface area contributed by atoms with Gasteiger partial charge in [0, 0.05) is 22.9 Å². The molecule has 1 saturated carbocycles. The number of hydrogen-bond donors (Lipinski definition) is 3. The molecule has 0 bridgehead atoms. The molecule has 3 amide bonds. The zero-order valence-electron chi connectivity index (χ0n) is 18.1. The topological polar surface area (TPSA) is 109 Å². The molecule has 2 aromatic rings. The van der Waals surface area contributed by atoms with Gasteiger partial charge in [-0.15, -0.1) is 11.8 Å². The summed E-state index contributed by atoms with van der Waals surface area (Å²) in [6.07, 6.45) is 2.58. The highest BCUT2D eigenvalue weighted by Crippen LogP contribution is 2.28. The first-order valence-electron chi connectivity index (χ1n) is 10.8. The number of amides is 3.